The van der Waals surface area contributed by atoms with E-state index in [1.165, 1.54) is 28.1 Å². The van der Waals surface area contributed by atoms with Crippen molar-refractivity contribution in [2.45, 2.75) is 39.7 Å². The number of nitrogens with zero attached hydrogens (tertiary/aromatic N) is 2. The number of hydrogen-bond acceptors (Lipinski definition) is 4. The molecule has 2 aromatic rings. The molecular formula is C23H30N2O2. The third kappa shape index (κ3) is 3.33. The van der Waals surface area contributed by atoms with Crippen molar-refractivity contribution in [2.75, 3.05) is 43.1 Å². The van der Waals surface area contributed by atoms with Gasteiger partial charge < -0.3 is 19.3 Å². The van der Waals surface area contributed by atoms with Crippen molar-refractivity contribution in [3.63, 3.8) is 0 Å². The van der Waals surface area contributed by atoms with E-state index >= 15 is 0 Å². The molecule has 0 radical (unpaired) electrons. The maximum absolute atomic E-state index is 6.16. The summed E-state index contributed by atoms with van der Waals surface area (Å²) in [5.41, 5.74) is 6.69. The molecular weight excluding hydrogens is 336 g/mol. The summed E-state index contributed by atoms with van der Waals surface area (Å²) in [4.78, 5) is 5.01. The first-order chi connectivity index (χ1) is 12.9. The van der Waals surface area contributed by atoms with Crippen molar-refractivity contribution in [1.82, 2.24) is 0 Å². The van der Waals surface area contributed by atoms with Gasteiger partial charge in [-0.3, -0.25) is 0 Å². The number of aryl methyl sites for hydroxylation is 1. The van der Waals surface area contributed by atoms with Crippen molar-refractivity contribution in [2.24, 2.45) is 0 Å². The first-order valence-corrected chi connectivity index (χ1v) is 9.84. The minimum atomic E-state index is -0.0920. The van der Waals surface area contributed by atoms with Crippen LogP contribution in [0.4, 0.5) is 11.4 Å². The summed E-state index contributed by atoms with van der Waals surface area (Å²) in [7, 11) is 1.71. The van der Waals surface area contributed by atoms with Crippen molar-refractivity contribution < 1.29 is 9.47 Å². The fourth-order valence-electron chi connectivity index (χ4n) is 4.51. The molecule has 0 spiro atoms. The van der Waals surface area contributed by atoms with Crippen molar-refractivity contribution >= 4 is 11.4 Å². The fourth-order valence-corrected chi connectivity index (χ4v) is 4.51. The summed E-state index contributed by atoms with van der Waals surface area (Å²) in [5, 5.41) is 0. The summed E-state index contributed by atoms with van der Waals surface area (Å²) in [6.07, 6.45) is 0.993. The van der Waals surface area contributed by atoms with Crippen molar-refractivity contribution in [3.8, 4) is 11.5 Å². The van der Waals surface area contributed by atoms with Gasteiger partial charge in [0.2, 0.25) is 0 Å². The lowest BCUT2D eigenvalue weighted by Gasteiger charge is -2.39. The van der Waals surface area contributed by atoms with E-state index in [-0.39, 0.29) is 5.60 Å². The molecule has 0 amide bonds. The predicted octanol–water partition coefficient (Wildman–Crippen LogP) is 4.35. The Morgan fingerprint density at radius 3 is 2.22 bits per heavy atom. The van der Waals surface area contributed by atoms with Gasteiger partial charge in [0, 0.05) is 49.5 Å². The van der Waals surface area contributed by atoms with E-state index in [4.69, 9.17) is 9.47 Å². The van der Waals surface area contributed by atoms with Crippen LogP contribution in [-0.4, -0.2) is 38.9 Å². The van der Waals surface area contributed by atoms with Crippen LogP contribution in [0.3, 0.4) is 0 Å². The molecule has 4 nitrogen and oxygen atoms in total. The average molecular weight is 367 g/mol. The standard InChI is InChI=1S/C23H30N2O2/c1-16-14-21-20(15-23(3,4)27-21)17(2)22(16)25-12-10-24(11-13-25)18-6-8-19(26-5)9-7-18/h6-9,14H,10-13,15H2,1-5H3. The van der Waals surface area contributed by atoms with Gasteiger partial charge in [0.15, 0.2) is 0 Å². The molecule has 1 fully saturated rings. The molecule has 0 atom stereocenters. The van der Waals surface area contributed by atoms with E-state index in [1.807, 2.05) is 12.1 Å². The van der Waals surface area contributed by atoms with E-state index in [9.17, 15) is 0 Å². The van der Waals surface area contributed by atoms with Gasteiger partial charge >= 0.3 is 0 Å². The van der Waals surface area contributed by atoms with E-state index in [0.717, 1.165) is 44.1 Å². The highest BCUT2D eigenvalue weighted by Crippen LogP contribution is 2.42. The Balaban J connectivity index is 1.52. The number of benzene rings is 2. The Labute approximate surface area is 162 Å². The zero-order valence-corrected chi connectivity index (χ0v) is 17.1. The SMILES string of the molecule is COc1ccc(N2CCN(c3c(C)cc4c(c3C)CC(C)(C)O4)CC2)cc1. The van der Waals surface area contributed by atoms with Gasteiger partial charge in [-0.2, -0.15) is 0 Å². The first-order valence-electron chi connectivity index (χ1n) is 9.84. The monoisotopic (exact) mass is 366 g/mol. The highest BCUT2D eigenvalue weighted by atomic mass is 16.5. The van der Waals surface area contributed by atoms with E-state index < -0.39 is 0 Å². The van der Waals surface area contributed by atoms with Gasteiger partial charge in [-0.25, -0.2) is 0 Å². The Bertz CT molecular complexity index is 834. The van der Waals surface area contributed by atoms with Crippen LogP contribution in [0.1, 0.15) is 30.5 Å². The van der Waals surface area contributed by atoms with Gasteiger partial charge in [-0.05, 0) is 69.2 Å². The minimum absolute atomic E-state index is 0.0920. The number of fused-ring (bicyclic) bond motifs is 1. The summed E-state index contributed by atoms with van der Waals surface area (Å²) in [6, 6.07) is 10.6. The minimum Gasteiger partial charge on any atom is -0.497 e. The number of anilines is 2. The Kier molecular flexibility index (Phi) is 4.45. The van der Waals surface area contributed by atoms with Crippen LogP contribution in [0, 0.1) is 13.8 Å². The third-order valence-electron chi connectivity index (χ3n) is 5.85. The molecule has 2 aliphatic heterocycles. The summed E-state index contributed by atoms with van der Waals surface area (Å²) in [5.74, 6) is 1.99. The summed E-state index contributed by atoms with van der Waals surface area (Å²) in [6.45, 7) is 13.0. The molecule has 0 unspecified atom stereocenters. The molecule has 0 aliphatic carbocycles. The van der Waals surface area contributed by atoms with Crippen LogP contribution < -0.4 is 19.3 Å². The maximum Gasteiger partial charge on any atom is 0.124 e. The molecule has 2 aliphatic rings. The van der Waals surface area contributed by atoms with Gasteiger partial charge in [0.05, 0.1) is 7.11 Å². The third-order valence-corrected chi connectivity index (χ3v) is 5.85. The Hall–Kier alpha value is -2.36. The van der Waals surface area contributed by atoms with Gasteiger partial charge in [0.25, 0.3) is 0 Å². The highest BCUT2D eigenvalue weighted by molar-refractivity contribution is 5.67. The van der Waals surface area contributed by atoms with Crippen LogP contribution in [0.2, 0.25) is 0 Å². The molecule has 2 aromatic carbocycles. The molecule has 27 heavy (non-hydrogen) atoms. The average Bonchev–Trinajstić information content (AvgIpc) is 2.97. The number of hydrogen-bond donors (Lipinski definition) is 0. The van der Waals surface area contributed by atoms with Crippen LogP contribution in [-0.2, 0) is 6.42 Å². The van der Waals surface area contributed by atoms with Gasteiger partial charge in [0.1, 0.15) is 17.1 Å². The lowest BCUT2D eigenvalue weighted by molar-refractivity contribution is 0.138. The summed E-state index contributed by atoms with van der Waals surface area (Å²) >= 11 is 0. The quantitative estimate of drug-likeness (QED) is 0.806. The van der Waals surface area contributed by atoms with Crippen LogP contribution in [0.25, 0.3) is 0 Å². The van der Waals surface area contributed by atoms with Crippen LogP contribution in [0.15, 0.2) is 30.3 Å². The second-order valence-corrected chi connectivity index (χ2v) is 8.35. The first kappa shape index (κ1) is 18.0. The molecule has 2 heterocycles. The van der Waals surface area contributed by atoms with Gasteiger partial charge in [-0.15, -0.1) is 0 Å². The fraction of sp³-hybridized carbons (Fsp3) is 0.478. The number of methoxy groups -OCH3 is 1. The normalized spacial score (nSPS) is 18.3. The molecule has 0 bridgehead atoms. The van der Waals surface area contributed by atoms with Crippen molar-refractivity contribution in [1.29, 1.82) is 0 Å². The van der Waals surface area contributed by atoms with Gasteiger partial charge in [-0.1, -0.05) is 0 Å². The number of rotatable bonds is 3. The molecule has 4 heteroatoms. The molecule has 0 saturated carbocycles. The Morgan fingerprint density at radius 1 is 0.963 bits per heavy atom. The lowest BCUT2D eigenvalue weighted by atomic mass is 9.94. The van der Waals surface area contributed by atoms with Crippen LogP contribution >= 0.6 is 0 Å². The molecule has 4 rings (SSSR count). The maximum atomic E-state index is 6.16. The lowest BCUT2D eigenvalue weighted by Crippen LogP contribution is -2.47. The highest BCUT2D eigenvalue weighted by Gasteiger charge is 2.33. The van der Waals surface area contributed by atoms with E-state index in [1.54, 1.807) is 7.11 Å². The smallest absolute Gasteiger partial charge is 0.124 e. The topological polar surface area (TPSA) is 24.9 Å². The Morgan fingerprint density at radius 2 is 1.59 bits per heavy atom. The van der Waals surface area contributed by atoms with Crippen LogP contribution in [0.5, 0.6) is 11.5 Å². The molecule has 1 saturated heterocycles. The number of ether oxygens (including phenoxy) is 2. The molecule has 0 aromatic heterocycles. The zero-order valence-electron chi connectivity index (χ0n) is 17.1. The number of piperazine rings is 1. The predicted molar refractivity (Wildman–Crippen MR) is 112 cm³/mol. The largest absolute Gasteiger partial charge is 0.497 e. The van der Waals surface area contributed by atoms with E-state index in [2.05, 4.69) is 55.7 Å². The summed E-state index contributed by atoms with van der Waals surface area (Å²) < 4.78 is 11.4. The second kappa shape index (κ2) is 6.66. The molecule has 144 valence electrons. The van der Waals surface area contributed by atoms with Crippen molar-refractivity contribution in [3.05, 3.63) is 47.0 Å². The second-order valence-electron chi connectivity index (χ2n) is 8.35. The zero-order chi connectivity index (χ0) is 19.2. The van der Waals surface area contributed by atoms with E-state index in [0.29, 0.717) is 0 Å². The molecule has 0 N–H and O–H groups in total.